The molecule has 1 aliphatic rings. The smallest absolute Gasteiger partial charge is 0.0273 e. The second-order valence-corrected chi connectivity index (χ2v) is 7.25. The first-order valence-electron chi connectivity index (χ1n) is 7.93. The molecular formula is C18H30N2. The van der Waals surface area contributed by atoms with E-state index in [1.807, 2.05) is 0 Å². The van der Waals surface area contributed by atoms with Crippen molar-refractivity contribution >= 4 is 0 Å². The minimum absolute atomic E-state index is 0.314. The highest BCUT2D eigenvalue weighted by molar-refractivity contribution is 5.25. The van der Waals surface area contributed by atoms with E-state index < -0.39 is 0 Å². The second kappa shape index (κ2) is 6.28. The molecule has 1 aromatic rings. The van der Waals surface area contributed by atoms with Crippen LogP contribution < -0.4 is 5.32 Å². The predicted octanol–water partition coefficient (Wildman–Crippen LogP) is 3.59. The van der Waals surface area contributed by atoms with Gasteiger partial charge in [-0.2, -0.15) is 0 Å². The highest BCUT2D eigenvalue weighted by Crippen LogP contribution is 2.28. The third-order valence-electron chi connectivity index (χ3n) is 4.62. The summed E-state index contributed by atoms with van der Waals surface area (Å²) in [5.74, 6) is 0. The summed E-state index contributed by atoms with van der Waals surface area (Å²) in [7, 11) is 0. The van der Waals surface area contributed by atoms with Gasteiger partial charge in [-0.25, -0.2) is 0 Å². The van der Waals surface area contributed by atoms with Crippen molar-refractivity contribution < 1.29 is 0 Å². The van der Waals surface area contributed by atoms with E-state index in [4.69, 9.17) is 0 Å². The van der Waals surface area contributed by atoms with Crippen molar-refractivity contribution in [2.45, 2.75) is 59.7 Å². The summed E-state index contributed by atoms with van der Waals surface area (Å²) in [5, 5.41) is 3.71. The lowest BCUT2D eigenvalue weighted by Gasteiger charge is -2.46. The van der Waals surface area contributed by atoms with Gasteiger partial charge in [0.1, 0.15) is 0 Å². The zero-order chi connectivity index (χ0) is 14.8. The molecule has 1 N–H and O–H groups in total. The van der Waals surface area contributed by atoms with Gasteiger partial charge in [-0.15, -0.1) is 0 Å². The van der Waals surface area contributed by atoms with E-state index in [0.29, 0.717) is 17.5 Å². The quantitative estimate of drug-likeness (QED) is 0.906. The average Bonchev–Trinajstić information content (AvgIpc) is 2.40. The van der Waals surface area contributed by atoms with Crippen LogP contribution in [0.15, 0.2) is 24.3 Å². The van der Waals surface area contributed by atoms with E-state index in [2.05, 4.69) is 69.1 Å². The topological polar surface area (TPSA) is 15.3 Å². The molecule has 20 heavy (non-hydrogen) atoms. The maximum Gasteiger partial charge on any atom is 0.0273 e. The lowest BCUT2D eigenvalue weighted by molar-refractivity contribution is 0.0484. The number of piperazine rings is 1. The Hall–Kier alpha value is -0.860. The van der Waals surface area contributed by atoms with Crippen molar-refractivity contribution in [2.75, 3.05) is 13.1 Å². The summed E-state index contributed by atoms with van der Waals surface area (Å²) in [6.07, 6.45) is 1.21. The molecule has 1 aliphatic heterocycles. The van der Waals surface area contributed by atoms with Gasteiger partial charge >= 0.3 is 0 Å². The minimum Gasteiger partial charge on any atom is -0.311 e. The van der Waals surface area contributed by atoms with Gasteiger partial charge in [-0.3, -0.25) is 4.90 Å². The molecule has 1 heterocycles. The van der Waals surface area contributed by atoms with Crippen molar-refractivity contribution in [1.82, 2.24) is 10.2 Å². The number of rotatable bonds is 3. The minimum atomic E-state index is 0.314. The molecular weight excluding hydrogens is 244 g/mol. The van der Waals surface area contributed by atoms with Crippen molar-refractivity contribution in [3.8, 4) is 0 Å². The first-order valence-corrected chi connectivity index (χ1v) is 7.93. The highest BCUT2D eigenvalue weighted by Gasteiger charge is 2.34. The maximum atomic E-state index is 3.71. The molecule has 1 fully saturated rings. The normalized spacial score (nSPS) is 24.9. The van der Waals surface area contributed by atoms with Gasteiger partial charge in [0.05, 0.1) is 0 Å². The Balaban J connectivity index is 2.17. The zero-order valence-electron chi connectivity index (χ0n) is 13.7. The van der Waals surface area contributed by atoms with Crippen molar-refractivity contribution in [1.29, 1.82) is 0 Å². The average molecular weight is 274 g/mol. The van der Waals surface area contributed by atoms with Crippen molar-refractivity contribution in [3.63, 3.8) is 0 Å². The third kappa shape index (κ3) is 3.62. The first kappa shape index (κ1) is 15.5. The number of benzene rings is 1. The van der Waals surface area contributed by atoms with Crippen LogP contribution in [0.1, 0.15) is 45.2 Å². The van der Waals surface area contributed by atoms with Gasteiger partial charge in [0.25, 0.3) is 0 Å². The molecule has 2 rings (SSSR count). The molecule has 112 valence electrons. The lowest BCUT2D eigenvalue weighted by Crippen LogP contribution is -2.60. The van der Waals surface area contributed by atoms with Crippen LogP contribution in [0, 0.1) is 12.3 Å². The Bertz CT molecular complexity index is 433. The Morgan fingerprint density at radius 2 is 1.95 bits per heavy atom. The monoisotopic (exact) mass is 274 g/mol. The highest BCUT2D eigenvalue weighted by atomic mass is 15.2. The number of hydrogen-bond acceptors (Lipinski definition) is 2. The molecule has 2 atom stereocenters. The molecule has 0 aromatic heterocycles. The number of nitrogens with one attached hydrogen (secondary N) is 1. The standard InChI is InChI=1S/C18H30N2/c1-6-16-13-20(17(11-19-16)18(3,4)5)12-15-10-8-7-9-14(15)2/h7-10,16-17,19H,6,11-13H2,1-5H3. The predicted molar refractivity (Wildman–Crippen MR) is 86.9 cm³/mol. The third-order valence-corrected chi connectivity index (χ3v) is 4.62. The summed E-state index contributed by atoms with van der Waals surface area (Å²) < 4.78 is 0. The van der Waals surface area contributed by atoms with Crippen LogP contribution in [-0.2, 0) is 6.54 Å². The number of aryl methyl sites for hydroxylation is 1. The van der Waals surface area contributed by atoms with Crippen molar-refractivity contribution in [2.24, 2.45) is 5.41 Å². The molecule has 0 spiro atoms. The van der Waals surface area contributed by atoms with E-state index >= 15 is 0 Å². The molecule has 2 nitrogen and oxygen atoms in total. The fourth-order valence-corrected chi connectivity index (χ4v) is 3.19. The van der Waals surface area contributed by atoms with Gasteiger partial charge in [-0.1, -0.05) is 52.0 Å². The Morgan fingerprint density at radius 3 is 2.55 bits per heavy atom. The fraction of sp³-hybridized carbons (Fsp3) is 0.667. The van der Waals surface area contributed by atoms with Gasteiger partial charge in [0.15, 0.2) is 0 Å². The van der Waals surface area contributed by atoms with Gasteiger partial charge in [0, 0.05) is 31.7 Å². The van der Waals surface area contributed by atoms with Crippen LogP contribution in [-0.4, -0.2) is 30.1 Å². The Labute approximate surface area is 124 Å². The van der Waals surface area contributed by atoms with Crippen LogP contribution >= 0.6 is 0 Å². The van der Waals surface area contributed by atoms with Crippen molar-refractivity contribution in [3.05, 3.63) is 35.4 Å². The molecule has 0 aliphatic carbocycles. The Morgan fingerprint density at radius 1 is 1.25 bits per heavy atom. The van der Waals surface area contributed by atoms with Crippen LogP contribution in [0.2, 0.25) is 0 Å². The molecule has 2 heteroatoms. The molecule has 1 saturated heterocycles. The molecule has 2 unspecified atom stereocenters. The zero-order valence-corrected chi connectivity index (χ0v) is 13.7. The first-order chi connectivity index (χ1) is 9.41. The van der Waals surface area contributed by atoms with Gasteiger partial charge in [-0.05, 0) is 29.9 Å². The molecule has 0 radical (unpaired) electrons. The summed E-state index contributed by atoms with van der Waals surface area (Å²) in [6, 6.07) is 10.0. The SMILES string of the molecule is CCC1CN(Cc2ccccc2C)C(C(C)(C)C)CN1. The second-order valence-electron chi connectivity index (χ2n) is 7.25. The van der Waals surface area contributed by atoms with E-state index in [9.17, 15) is 0 Å². The largest absolute Gasteiger partial charge is 0.311 e. The number of nitrogens with zero attached hydrogens (tertiary/aromatic N) is 1. The Kier molecular flexibility index (Phi) is 4.87. The summed E-state index contributed by atoms with van der Waals surface area (Å²) in [6.45, 7) is 14.9. The van der Waals surface area contributed by atoms with E-state index in [-0.39, 0.29) is 0 Å². The molecule has 0 saturated carbocycles. The van der Waals surface area contributed by atoms with Crippen LogP contribution in [0.3, 0.4) is 0 Å². The van der Waals surface area contributed by atoms with Crippen LogP contribution in [0.25, 0.3) is 0 Å². The summed E-state index contributed by atoms with van der Waals surface area (Å²) in [5.41, 5.74) is 3.19. The summed E-state index contributed by atoms with van der Waals surface area (Å²) in [4.78, 5) is 2.69. The van der Waals surface area contributed by atoms with Crippen LogP contribution in [0.5, 0.6) is 0 Å². The molecule has 0 bridgehead atoms. The van der Waals surface area contributed by atoms with E-state index in [0.717, 1.165) is 19.6 Å². The maximum absolute atomic E-state index is 3.71. The lowest BCUT2D eigenvalue weighted by atomic mass is 9.83. The molecule has 1 aromatic carbocycles. The van der Waals surface area contributed by atoms with Gasteiger partial charge < -0.3 is 5.32 Å². The van der Waals surface area contributed by atoms with E-state index in [1.54, 1.807) is 0 Å². The van der Waals surface area contributed by atoms with Gasteiger partial charge in [0.2, 0.25) is 0 Å². The van der Waals surface area contributed by atoms with Crippen LogP contribution in [0.4, 0.5) is 0 Å². The summed E-state index contributed by atoms with van der Waals surface area (Å²) >= 11 is 0. The number of hydrogen-bond donors (Lipinski definition) is 1. The molecule has 0 amide bonds. The van der Waals surface area contributed by atoms with E-state index in [1.165, 1.54) is 17.5 Å². The fourth-order valence-electron chi connectivity index (χ4n) is 3.19.